The lowest BCUT2D eigenvalue weighted by Gasteiger charge is -2.32. The number of nitrogens with zero attached hydrogens (tertiary/aromatic N) is 3. The van der Waals surface area contributed by atoms with Crippen LogP contribution in [0.1, 0.15) is 42.9 Å². The van der Waals surface area contributed by atoms with Crippen molar-refractivity contribution in [1.29, 1.82) is 0 Å². The fourth-order valence-corrected chi connectivity index (χ4v) is 3.66. The third-order valence-corrected chi connectivity index (χ3v) is 5.79. The van der Waals surface area contributed by atoms with Crippen LogP contribution in [0.4, 0.5) is 11.5 Å². The molecule has 136 valence electrons. The Morgan fingerprint density at radius 1 is 1.19 bits per heavy atom. The van der Waals surface area contributed by atoms with Gasteiger partial charge in [-0.3, -0.25) is 4.79 Å². The Hall–Kier alpha value is -2.14. The van der Waals surface area contributed by atoms with Gasteiger partial charge in [0.15, 0.2) is 0 Å². The highest BCUT2D eigenvalue weighted by molar-refractivity contribution is 6.31. The molecule has 1 aromatic heterocycles. The fraction of sp³-hybridized carbons (Fsp3) is 0.450. The summed E-state index contributed by atoms with van der Waals surface area (Å²) in [6.07, 6.45) is 5.80. The maximum absolute atomic E-state index is 12.6. The van der Waals surface area contributed by atoms with Gasteiger partial charge < -0.3 is 10.2 Å². The van der Waals surface area contributed by atoms with Gasteiger partial charge in [-0.15, -0.1) is 0 Å². The number of amides is 1. The number of carbonyl (C=O) groups excluding carboxylic acids is 1. The fourth-order valence-electron chi connectivity index (χ4n) is 3.49. The largest absolute Gasteiger partial charge is 0.356 e. The quantitative estimate of drug-likeness (QED) is 0.877. The predicted molar refractivity (Wildman–Crippen MR) is 104 cm³/mol. The Morgan fingerprint density at radius 3 is 2.69 bits per heavy atom. The molecule has 0 unspecified atom stereocenters. The van der Waals surface area contributed by atoms with Crippen molar-refractivity contribution in [3.8, 4) is 0 Å². The first kappa shape index (κ1) is 17.3. The lowest BCUT2D eigenvalue weighted by molar-refractivity contribution is -0.120. The molecule has 1 amide bonds. The molecule has 1 aliphatic carbocycles. The molecule has 1 aromatic carbocycles. The molecular weight excluding hydrogens is 348 g/mol. The molecule has 2 aromatic rings. The zero-order valence-corrected chi connectivity index (χ0v) is 15.7. The SMILES string of the molecule is Cc1c(Cl)cccc1NC(=O)C1CCN(c2cc(C3CC3)ncn2)CC1. The summed E-state index contributed by atoms with van der Waals surface area (Å²) < 4.78 is 0. The molecular formula is C20H23ClN4O. The molecule has 6 heteroatoms. The third-order valence-electron chi connectivity index (χ3n) is 5.38. The highest BCUT2D eigenvalue weighted by Gasteiger charge is 2.28. The maximum atomic E-state index is 12.6. The summed E-state index contributed by atoms with van der Waals surface area (Å²) in [6, 6.07) is 7.71. The zero-order valence-electron chi connectivity index (χ0n) is 14.9. The average Bonchev–Trinajstić information content (AvgIpc) is 3.51. The molecule has 0 atom stereocenters. The summed E-state index contributed by atoms with van der Waals surface area (Å²) in [5.74, 6) is 1.72. The second-order valence-corrected chi connectivity index (χ2v) is 7.65. The number of hydrogen-bond acceptors (Lipinski definition) is 4. The lowest BCUT2D eigenvalue weighted by atomic mass is 9.95. The van der Waals surface area contributed by atoms with E-state index in [1.165, 1.54) is 12.8 Å². The van der Waals surface area contributed by atoms with E-state index in [1.54, 1.807) is 6.33 Å². The van der Waals surface area contributed by atoms with Gasteiger partial charge in [-0.25, -0.2) is 9.97 Å². The zero-order chi connectivity index (χ0) is 18.1. The Morgan fingerprint density at radius 2 is 1.96 bits per heavy atom. The van der Waals surface area contributed by atoms with Crippen molar-refractivity contribution >= 4 is 29.0 Å². The molecule has 0 spiro atoms. The summed E-state index contributed by atoms with van der Waals surface area (Å²) in [7, 11) is 0. The first-order valence-corrected chi connectivity index (χ1v) is 9.62. The second-order valence-electron chi connectivity index (χ2n) is 7.24. The molecule has 0 radical (unpaired) electrons. The first-order valence-electron chi connectivity index (χ1n) is 9.24. The molecule has 5 nitrogen and oxygen atoms in total. The Balaban J connectivity index is 1.36. The molecule has 0 bridgehead atoms. The van der Waals surface area contributed by atoms with Crippen molar-refractivity contribution in [3.05, 3.63) is 46.9 Å². The summed E-state index contributed by atoms with van der Waals surface area (Å²) in [5.41, 5.74) is 2.87. The number of hydrogen-bond donors (Lipinski definition) is 1. The van der Waals surface area contributed by atoms with Gasteiger partial charge in [-0.05, 0) is 50.3 Å². The van der Waals surface area contributed by atoms with Gasteiger partial charge in [-0.2, -0.15) is 0 Å². The van der Waals surface area contributed by atoms with Gasteiger partial charge in [-0.1, -0.05) is 17.7 Å². The molecule has 1 aliphatic heterocycles. The van der Waals surface area contributed by atoms with Crippen LogP contribution in [0.2, 0.25) is 5.02 Å². The van der Waals surface area contributed by atoms with E-state index in [-0.39, 0.29) is 11.8 Å². The maximum Gasteiger partial charge on any atom is 0.227 e. The van der Waals surface area contributed by atoms with E-state index >= 15 is 0 Å². The van der Waals surface area contributed by atoms with E-state index in [0.29, 0.717) is 10.9 Å². The molecule has 1 N–H and O–H groups in total. The molecule has 4 rings (SSSR count). The van der Waals surface area contributed by atoms with Crippen molar-refractivity contribution in [2.24, 2.45) is 5.92 Å². The number of piperidine rings is 1. The number of anilines is 2. The van der Waals surface area contributed by atoms with Gasteiger partial charge in [0.25, 0.3) is 0 Å². The van der Waals surface area contributed by atoms with Crippen molar-refractivity contribution in [3.63, 3.8) is 0 Å². The molecule has 1 saturated carbocycles. The minimum Gasteiger partial charge on any atom is -0.356 e. The van der Waals surface area contributed by atoms with Crippen molar-refractivity contribution in [2.45, 2.75) is 38.5 Å². The minimum absolute atomic E-state index is 0.0226. The topological polar surface area (TPSA) is 58.1 Å². The molecule has 26 heavy (non-hydrogen) atoms. The van der Waals surface area contributed by atoms with Crippen molar-refractivity contribution in [1.82, 2.24) is 9.97 Å². The first-order chi connectivity index (χ1) is 12.6. The number of aromatic nitrogens is 2. The number of benzene rings is 1. The highest BCUT2D eigenvalue weighted by atomic mass is 35.5. The van der Waals surface area contributed by atoms with E-state index in [2.05, 4.69) is 26.3 Å². The van der Waals surface area contributed by atoms with Gasteiger partial charge in [0, 0.05) is 47.4 Å². The summed E-state index contributed by atoms with van der Waals surface area (Å²) in [6.45, 7) is 3.61. The van der Waals surface area contributed by atoms with Crippen molar-refractivity contribution < 1.29 is 4.79 Å². The van der Waals surface area contributed by atoms with Crippen LogP contribution in [-0.4, -0.2) is 29.0 Å². The van der Waals surface area contributed by atoms with Crippen molar-refractivity contribution in [2.75, 3.05) is 23.3 Å². The highest BCUT2D eigenvalue weighted by Crippen LogP contribution is 2.39. The van der Waals surface area contributed by atoms with E-state index in [1.807, 2.05) is 25.1 Å². The molecule has 2 fully saturated rings. The Bertz CT molecular complexity index is 813. The summed E-state index contributed by atoms with van der Waals surface area (Å²) in [5, 5.41) is 3.71. The molecule has 1 saturated heterocycles. The van der Waals surface area contributed by atoms with Crippen LogP contribution in [0, 0.1) is 12.8 Å². The van der Waals surface area contributed by atoms with Gasteiger partial charge in [0.2, 0.25) is 5.91 Å². The standard InChI is InChI=1S/C20H23ClN4O/c1-13-16(21)3-2-4-17(13)24-20(26)15-7-9-25(10-8-15)19-11-18(14-5-6-14)22-12-23-19/h2-4,11-12,14-15H,5-10H2,1H3,(H,24,26). The predicted octanol–water partition coefficient (Wildman–Crippen LogP) is 4.17. The monoisotopic (exact) mass is 370 g/mol. The van der Waals surface area contributed by atoms with Crippen LogP contribution in [0.5, 0.6) is 0 Å². The van der Waals surface area contributed by atoms with E-state index in [9.17, 15) is 4.79 Å². The summed E-state index contributed by atoms with van der Waals surface area (Å²) in [4.78, 5) is 23.7. The second kappa shape index (κ2) is 7.23. The number of nitrogens with one attached hydrogen (secondary N) is 1. The molecule has 2 heterocycles. The van der Waals surface area contributed by atoms with Crippen LogP contribution in [0.25, 0.3) is 0 Å². The summed E-state index contributed by atoms with van der Waals surface area (Å²) >= 11 is 6.14. The number of halogens is 1. The Labute approximate surface area is 158 Å². The van der Waals surface area contributed by atoms with Gasteiger partial charge >= 0.3 is 0 Å². The lowest BCUT2D eigenvalue weighted by Crippen LogP contribution is -2.38. The van der Waals surface area contributed by atoms with Gasteiger partial charge in [0.05, 0.1) is 0 Å². The number of carbonyl (C=O) groups is 1. The molecule has 2 aliphatic rings. The minimum atomic E-state index is 0.0226. The van der Waals surface area contributed by atoms with E-state index < -0.39 is 0 Å². The van der Waals surface area contributed by atoms with E-state index in [0.717, 1.165) is 48.7 Å². The number of rotatable bonds is 4. The van der Waals surface area contributed by atoms with Crippen LogP contribution < -0.4 is 10.2 Å². The Kier molecular flexibility index (Phi) is 4.81. The van der Waals surface area contributed by atoms with Crippen LogP contribution in [-0.2, 0) is 4.79 Å². The average molecular weight is 371 g/mol. The van der Waals surface area contributed by atoms with Crippen LogP contribution >= 0.6 is 11.6 Å². The van der Waals surface area contributed by atoms with E-state index in [4.69, 9.17) is 11.6 Å². The van der Waals surface area contributed by atoms with Gasteiger partial charge in [0.1, 0.15) is 12.1 Å². The van der Waals surface area contributed by atoms with Crippen LogP contribution in [0.15, 0.2) is 30.6 Å². The smallest absolute Gasteiger partial charge is 0.227 e. The third kappa shape index (κ3) is 3.68. The normalized spacial score (nSPS) is 18.0. The van der Waals surface area contributed by atoms with Crippen LogP contribution in [0.3, 0.4) is 0 Å².